The molecule has 7 rings (SSSR count). The van der Waals surface area contributed by atoms with Gasteiger partial charge in [0.1, 0.15) is 0 Å². The third kappa shape index (κ3) is 5.37. The van der Waals surface area contributed by atoms with Crippen molar-refractivity contribution in [2.45, 2.75) is 98.1 Å². The van der Waals surface area contributed by atoms with Crippen LogP contribution in [0.15, 0.2) is 103 Å². The number of aryl methyl sites for hydroxylation is 1. The minimum atomic E-state index is 0.265. The van der Waals surface area contributed by atoms with Crippen LogP contribution >= 0.6 is 0 Å². The van der Waals surface area contributed by atoms with Crippen LogP contribution in [-0.4, -0.2) is 6.71 Å². The smallest absolute Gasteiger partial charge is 0.0851 e. The summed E-state index contributed by atoms with van der Waals surface area (Å²) in [6, 6.07) is 34.8. The largest absolute Gasteiger partial charge is 0.184 e. The Kier molecular flexibility index (Phi) is 8.88. The van der Waals surface area contributed by atoms with E-state index in [0.29, 0.717) is 47.9 Å². The molecule has 2 aliphatic rings. The van der Waals surface area contributed by atoms with Gasteiger partial charge in [-0.05, 0) is 111 Å². The van der Waals surface area contributed by atoms with E-state index < -0.39 is 0 Å². The Hall–Kier alpha value is -3.32. The van der Waals surface area contributed by atoms with Gasteiger partial charge in [-0.2, -0.15) is 0 Å². The molecule has 1 heteroatoms. The van der Waals surface area contributed by atoms with E-state index in [0.717, 1.165) is 6.42 Å². The molecule has 0 heterocycles. The van der Waals surface area contributed by atoms with E-state index in [1.165, 1.54) is 63.6 Å². The van der Waals surface area contributed by atoms with Crippen LogP contribution in [0, 0.1) is 36.0 Å². The van der Waals surface area contributed by atoms with Gasteiger partial charge in [-0.3, -0.25) is 0 Å². The lowest BCUT2D eigenvalue weighted by molar-refractivity contribution is 0.0237. The van der Waals surface area contributed by atoms with Crippen molar-refractivity contribution in [1.29, 1.82) is 0 Å². The van der Waals surface area contributed by atoms with Crippen molar-refractivity contribution in [2.75, 3.05) is 0 Å². The third-order valence-corrected chi connectivity index (χ3v) is 13.7. The van der Waals surface area contributed by atoms with Crippen molar-refractivity contribution in [3.63, 3.8) is 0 Å². The number of benzene rings is 5. The van der Waals surface area contributed by atoms with Crippen molar-refractivity contribution in [3.05, 3.63) is 114 Å². The van der Waals surface area contributed by atoms with Crippen LogP contribution in [0.1, 0.15) is 90.7 Å². The highest BCUT2D eigenvalue weighted by molar-refractivity contribution is 6.78. The summed E-state index contributed by atoms with van der Waals surface area (Å²) >= 11 is 0. The standard InChI is InChI=1S/C46H55B/c1-8-34(43-40-19-13-11-17-36(40)28-37-18-12-14-20-41(37)43)29-39(9-2)47(44-31(4)22-25-35-16-10-15-21-42(35)44)45-32(5)24-27-38-26-23-30(3)33(6)46(38,45)7/h10-23,25-26,28,30,32-34,38-39,45H,8-9,24,27,29H2,1-7H3/t30?,32-,33-,34+,38?,39?,45?,46+/m0/s1. The van der Waals surface area contributed by atoms with Gasteiger partial charge >= 0.3 is 0 Å². The summed E-state index contributed by atoms with van der Waals surface area (Å²) in [5, 5.41) is 8.54. The maximum atomic E-state index is 2.72. The molecule has 0 N–H and O–H groups in total. The van der Waals surface area contributed by atoms with E-state index in [4.69, 9.17) is 0 Å². The van der Waals surface area contributed by atoms with Crippen LogP contribution in [0.25, 0.3) is 32.3 Å². The van der Waals surface area contributed by atoms with Crippen LogP contribution in [0.2, 0.25) is 11.6 Å². The second-order valence-corrected chi connectivity index (χ2v) is 15.9. The van der Waals surface area contributed by atoms with Crippen molar-refractivity contribution in [3.8, 4) is 0 Å². The van der Waals surface area contributed by atoms with Crippen molar-refractivity contribution >= 4 is 44.5 Å². The molecular weight excluding hydrogens is 563 g/mol. The Morgan fingerprint density at radius 2 is 1.34 bits per heavy atom. The normalized spacial score (nSPS) is 27.2. The molecule has 8 atom stereocenters. The predicted molar refractivity (Wildman–Crippen MR) is 208 cm³/mol. The topological polar surface area (TPSA) is 0 Å². The molecule has 5 aromatic rings. The van der Waals surface area contributed by atoms with E-state index in [1.54, 1.807) is 11.0 Å². The number of hydrogen-bond acceptors (Lipinski definition) is 0. The van der Waals surface area contributed by atoms with Crippen LogP contribution < -0.4 is 5.46 Å². The van der Waals surface area contributed by atoms with E-state index in [-0.39, 0.29) is 5.41 Å². The molecule has 0 amide bonds. The molecule has 2 aliphatic carbocycles. The van der Waals surface area contributed by atoms with Crippen LogP contribution in [0.5, 0.6) is 0 Å². The molecule has 0 radical (unpaired) electrons. The molecule has 0 aromatic heterocycles. The van der Waals surface area contributed by atoms with Gasteiger partial charge in [-0.15, -0.1) is 0 Å². The zero-order chi connectivity index (χ0) is 32.9. The number of hydrogen-bond donors (Lipinski definition) is 0. The highest BCUT2D eigenvalue weighted by Gasteiger charge is 2.56. The first kappa shape index (κ1) is 32.2. The quantitative estimate of drug-likeness (QED) is 0.0922. The maximum absolute atomic E-state index is 2.72. The molecule has 4 unspecified atom stereocenters. The zero-order valence-corrected chi connectivity index (χ0v) is 30.0. The molecule has 0 spiro atoms. The van der Waals surface area contributed by atoms with Gasteiger partial charge in [0.05, 0.1) is 0 Å². The Morgan fingerprint density at radius 3 is 1.98 bits per heavy atom. The first-order chi connectivity index (χ1) is 22.8. The van der Waals surface area contributed by atoms with Gasteiger partial charge in [0.15, 0.2) is 6.71 Å². The van der Waals surface area contributed by atoms with E-state index in [2.05, 4.69) is 152 Å². The lowest BCUT2D eigenvalue weighted by Gasteiger charge is -2.59. The molecule has 5 aromatic carbocycles. The van der Waals surface area contributed by atoms with Gasteiger partial charge in [-0.25, -0.2) is 0 Å². The molecule has 47 heavy (non-hydrogen) atoms. The summed E-state index contributed by atoms with van der Waals surface area (Å²) in [4.78, 5) is 0. The van der Waals surface area contributed by atoms with E-state index >= 15 is 0 Å². The Balaban J connectivity index is 1.44. The lowest BCUT2D eigenvalue weighted by atomic mass is 9.21. The highest BCUT2D eigenvalue weighted by atomic mass is 14.5. The summed E-state index contributed by atoms with van der Waals surface area (Å²) in [7, 11) is 0. The molecule has 242 valence electrons. The van der Waals surface area contributed by atoms with Crippen molar-refractivity contribution in [1.82, 2.24) is 0 Å². The lowest BCUT2D eigenvalue weighted by Crippen LogP contribution is -2.56. The second kappa shape index (κ2) is 12.9. The summed E-state index contributed by atoms with van der Waals surface area (Å²) in [6.07, 6.45) is 11.5. The van der Waals surface area contributed by atoms with Crippen molar-refractivity contribution < 1.29 is 0 Å². The Labute approximate surface area is 285 Å². The SMILES string of the molecule is CCC(C[C@@H](CC)c1c2ccccc2cc2ccccc12)B(c1c(C)ccc2ccccc12)C1[C@@H](C)CCC2C=CC(C)[C@H](C)[C@]21C. The van der Waals surface area contributed by atoms with Gasteiger partial charge in [0.25, 0.3) is 0 Å². The highest BCUT2D eigenvalue weighted by Crippen LogP contribution is 2.62. The molecular formula is C46H55B. The number of fused-ring (bicyclic) bond motifs is 4. The van der Waals surface area contributed by atoms with Crippen LogP contribution in [-0.2, 0) is 0 Å². The second-order valence-electron chi connectivity index (χ2n) is 15.9. The van der Waals surface area contributed by atoms with E-state index in [9.17, 15) is 0 Å². The molecule has 0 saturated heterocycles. The average molecular weight is 619 g/mol. The summed E-state index contributed by atoms with van der Waals surface area (Å²) in [6.45, 7) is 18.3. The molecule has 1 saturated carbocycles. The third-order valence-electron chi connectivity index (χ3n) is 13.7. The van der Waals surface area contributed by atoms with Crippen molar-refractivity contribution in [2.24, 2.45) is 29.1 Å². The fourth-order valence-electron chi connectivity index (χ4n) is 11.0. The van der Waals surface area contributed by atoms with Crippen LogP contribution in [0.3, 0.4) is 0 Å². The fourth-order valence-corrected chi connectivity index (χ4v) is 11.0. The molecule has 1 fully saturated rings. The van der Waals surface area contributed by atoms with Gasteiger partial charge < -0.3 is 0 Å². The summed E-state index contributed by atoms with van der Waals surface area (Å²) in [5.74, 6) is 4.33. The maximum Gasteiger partial charge on any atom is 0.184 e. The molecule has 0 aliphatic heterocycles. The van der Waals surface area contributed by atoms with E-state index in [1.807, 2.05) is 0 Å². The van der Waals surface area contributed by atoms with Crippen LogP contribution in [0.4, 0.5) is 0 Å². The number of allylic oxidation sites excluding steroid dienone is 2. The summed E-state index contributed by atoms with van der Waals surface area (Å²) < 4.78 is 0. The monoisotopic (exact) mass is 618 g/mol. The molecule has 0 nitrogen and oxygen atoms in total. The average Bonchev–Trinajstić information content (AvgIpc) is 3.09. The van der Waals surface area contributed by atoms with Gasteiger partial charge in [0.2, 0.25) is 0 Å². The first-order valence-electron chi connectivity index (χ1n) is 18.8. The fraction of sp³-hybridized carbons (Fsp3) is 0.435. The van der Waals surface area contributed by atoms with Gasteiger partial charge in [-0.1, -0.05) is 168 Å². The minimum absolute atomic E-state index is 0.265. The molecule has 0 bridgehead atoms. The first-order valence-corrected chi connectivity index (χ1v) is 18.8. The Morgan fingerprint density at radius 1 is 0.723 bits per heavy atom. The summed E-state index contributed by atoms with van der Waals surface area (Å²) in [5.41, 5.74) is 4.99. The zero-order valence-electron chi connectivity index (χ0n) is 30.0. The minimum Gasteiger partial charge on any atom is -0.0851 e. The Bertz CT molecular complexity index is 1860. The number of rotatable bonds is 8. The van der Waals surface area contributed by atoms with Gasteiger partial charge in [0, 0.05) is 0 Å². The predicted octanol–water partition coefficient (Wildman–Crippen LogP) is 12.8.